The van der Waals surface area contributed by atoms with Crippen molar-refractivity contribution < 1.29 is 30.0 Å². The van der Waals surface area contributed by atoms with E-state index in [1.165, 1.54) is 6.07 Å². The minimum atomic E-state index is -0.783. The molecule has 6 nitrogen and oxygen atoms in total. The Hall–Kier alpha value is -2.24. The third-order valence-corrected chi connectivity index (χ3v) is 6.27. The number of aryl methyl sites for hydroxylation is 2. The largest absolute Gasteiger partial charge is 0.508 e. The summed E-state index contributed by atoms with van der Waals surface area (Å²) in [4.78, 5) is 22.4. The van der Waals surface area contributed by atoms with Crippen LogP contribution in [0.15, 0.2) is 12.1 Å². The Morgan fingerprint density at radius 1 is 0.897 bits per heavy atom. The predicted molar refractivity (Wildman–Crippen MR) is 110 cm³/mol. The van der Waals surface area contributed by atoms with Crippen LogP contribution in [0.1, 0.15) is 82.8 Å². The van der Waals surface area contributed by atoms with Crippen LogP contribution in [0.4, 0.5) is 0 Å². The lowest BCUT2D eigenvalue weighted by atomic mass is 9.87. The molecule has 6 heteroatoms. The number of carbonyl (C=O) groups is 2. The van der Waals surface area contributed by atoms with E-state index in [1.54, 1.807) is 13.8 Å². The number of unbranched alkanes of at least 4 members (excludes halogenated alkanes) is 3. The molecule has 1 aliphatic carbocycles. The average Bonchev–Trinajstić information content (AvgIpc) is 3.42. The lowest BCUT2D eigenvalue weighted by Gasteiger charge is -2.18. The molecule has 0 atom stereocenters. The van der Waals surface area contributed by atoms with Crippen molar-refractivity contribution in [2.24, 2.45) is 10.8 Å². The normalized spacial score (nSPS) is 15.2. The second-order valence-electron chi connectivity index (χ2n) is 9.15. The maximum Gasteiger partial charge on any atom is 0.309 e. The van der Waals surface area contributed by atoms with Gasteiger partial charge in [-0.1, -0.05) is 19.3 Å². The maximum absolute atomic E-state index is 11.2. The van der Waals surface area contributed by atoms with E-state index in [9.17, 15) is 24.9 Å². The average molecular weight is 407 g/mol. The number of carboxylic acid groups (broad SMARTS) is 2. The predicted octanol–water partition coefficient (Wildman–Crippen LogP) is 4.89. The minimum Gasteiger partial charge on any atom is -0.508 e. The van der Waals surface area contributed by atoms with Crippen molar-refractivity contribution in [2.45, 2.75) is 84.5 Å². The Kier molecular flexibility index (Phi) is 7.55. The van der Waals surface area contributed by atoms with E-state index in [-0.39, 0.29) is 11.5 Å². The smallest absolute Gasteiger partial charge is 0.309 e. The minimum absolute atomic E-state index is 0.0776. The Balaban J connectivity index is 1.79. The summed E-state index contributed by atoms with van der Waals surface area (Å²) in [7, 11) is 0. The molecular formula is C23H34O6. The van der Waals surface area contributed by atoms with E-state index in [2.05, 4.69) is 0 Å². The number of hydrogen-bond donors (Lipinski definition) is 4. The van der Waals surface area contributed by atoms with Gasteiger partial charge in [0.05, 0.1) is 10.8 Å². The van der Waals surface area contributed by atoms with Gasteiger partial charge in [0.2, 0.25) is 0 Å². The van der Waals surface area contributed by atoms with Crippen molar-refractivity contribution in [3.05, 3.63) is 23.3 Å². The summed E-state index contributed by atoms with van der Waals surface area (Å²) in [5.41, 5.74) is 0.356. The molecular weight excluding hydrogens is 372 g/mol. The molecule has 1 aromatic carbocycles. The van der Waals surface area contributed by atoms with Crippen LogP contribution >= 0.6 is 0 Å². The molecule has 0 saturated heterocycles. The van der Waals surface area contributed by atoms with Crippen LogP contribution in [0.25, 0.3) is 0 Å². The lowest BCUT2D eigenvalue weighted by molar-refractivity contribution is -0.147. The number of carboxylic acids is 2. The van der Waals surface area contributed by atoms with Gasteiger partial charge in [-0.15, -0.1) is 0 Å². The zero-order chi connectivity index (χ0) is 21.7. The number of aromatic hydroxyl groups is 2. The van der Waals surface area contributed by atoms with Gasteiger partial charge in [0.25, 0.3) is 0 Å². The third-order valence-electron chi connectivity index (χ3n) is 6.27. The van der Waals surface area contributed by atoms with Gasteiger partial charge in [0.1, 0.15) is 11.5 Å². The van der Waals surface area contributed by atoms with Crippen LogP contribution < -0.4 is 0 Å². The molecule has 0 heterocycles. The fourth-order valence-electron chi connectivity index (χ4n) is 3.74. The molecule has 0 amide bonds. The monoisotopic (exact) mass is 406 g/mol. The van der Waals surface area contributed by atoms with Crippen LogP contribution in [0, 0.1) is 10.8 Å². The van der Waals surface area contributed by atoms with Crippen molar-refractivity contribution in [3.63, 3.8) is 0 Å². The zero-order valence-electron chi connectivity index (χ0n) is 17.5. The molecule has 29 heavy (non-hydrogen) atoms. The third kappa shape index (κ3) is 6.38. The zero-order valence-corrected chi connectivity index (χ0v) is 17.5. The molecule has 1 aromatic rings. The first-order valence-electron chi connectivity index (χ1n) is 10.6. The Bertz CT molecular complexity index is 733. The summed E-state index contributed by atoms with van der Waals surface area (Å²) >= 11 is 0. The van der Waals surface area contributed by atoms with Gasteiger partial charge in [-0.25, -0.2) is 0 Å². The van der Waals surface area contributed by atoms with E-state index in [0.717, 1.165) is 56.1 Å². The molecule has 1 saturated carbocycles. The molecule has 2 rings (SSSR count). The highest BCUT2D eigenvalue weighted by Crippen LogP contribution is 2.50. The van der Waals surface area contributed by atoms with E-state index < -0.39 is 22.8 Å². The number of rotatable bonds is 13. The number of aliphatic carboxylic acids is 2. The van der Waals surface area contributed by atoms with Crippen molar-refractivity contribution in [3.8, 4) is 11.5 Å². The van der Waals surface area contributed by atoms with Gasteiger partial charge in [0, 0.05) is 6.07 Å². The highest BCUT2D eigenvalue weighted by atomic mass is 16.4. The molecule has 4 N–H and O–H groups in total. The van der Waals surface area contributed by atoms with E-state index in [1.807, 2.05) is 6.07 Å². The topological polar surface area (TPSA) is 115 Å². The van der Waals surface area contributed by atoms with Crippen molar-refractivity contribution >= 4 is 11.9 Å². The Morgan fingerprint density at radius 2 is 1.45 bits per heavy atom. The molecule has 0 unspecified atom stereocenters. The molecule has 0 bridgehead atoms. The van der Waals surface area contributed by atoms with Crippen molar-refractivity contribution in [1.82, 2.24) is 0 Å². The highest BCUT2D eigenvalue weighted by molar-refractivity contribution is 5.77. The van der Waals surface area contributed by atoms with Gasteiger partial charge in [-0.05, 0) is 82.4 Å². The quantitative estimate of drug-likeness (QED) is 0.347. The van der Waals surface area contributed by atoms with Crippen LogP contribution in [0.5, 0.6) is 11.5 Å². The lowest BCUT2D eigenvalue weighted by Crippen LogP contribution is -2.23. The summed E-state index contributed by atoms with van der Waals surface area (Å²) in [6.07, 6.45) is 8.30. The molecule has 1 fully saturated rings. The van der Waals surface area contributed by atoms with Gasteiger partial charge in [-0.3, -0.25) is 9.59 Å². The summed E-state index contributed by atoms with van der Waals surface area (Å²) in [5, 5.41) is 38.6. The van der Waals surface area contributed by atoms with E-state index in [0.29, 0.717) is 25.7 Å². The summed E-state index contributed by atoms with van der Waals surface area (Å²) in [5.74, 6) is -1.32. The van der Waals surface area contributed by atoms with Crippen LogP contribution in [0.2, 0.25) is 0 Å². The van der Waals surface area contributed by atoms with E-state index >= 15 is 0 Å². The van der Waals surface area contributed by atoms with Gasteiger partial charge in [-0.2, -0.15) is 0 Å². The molecule has 0 aliphatic heterocycles. The maximum atomic E-state index is 11.2. The van der Waals surface area contributed by atoms with Gasteiger partial charge >= 0.3 is 11.9 Å². The molecule has 1 aliphatic rings. The van der Waals surface area contributed by atoms with Crippen molar-refractivity contribution in [1.29, 1.82) is 0 Å². The summed E-state index contributed by atoms with van der Waals surface area (Å²) < 4.78 is 0. The number of benzene rings is 1. The first-order valence-corrected chi connectivity index (χ1v) is 10.6. The van der Waals surface area contributed by atoms with Crippen LogP contribution in [0.3, 0.4) is 0 Å². The number of phenols is 2. The van der Waals surface area contributed by atoms with Crippen LogP contribution in [-0.4, -0.2) is 32.4 Å². The number of phenolic OH excluding ortho intramolecular Hbond substituents is 2. The van der Waals surface area contributed by atoms with E-state index in [4.69, 9.17) is 5.11 Å². The fourth-order valence-corrected chi connectivity index (χ4v) is 3.74. The highest BCUT2D eigenvalue weighted by Gasteiger charge is 2.49. The summed E-state index contributed by atoms with van der Waals surface area (Å²) in [6, 6.07) is 3.23. The van der Waals surface area contributed by atoms with Crippen molar-refractivity contribution in [2.75, 3.05) is 0 Å². The first kappa shape index (κ1) is 23.0. The fraction of sp³-hybridized carbons (Fsp3) is 0.652. The first-order chi connectivity index (χ1) is 13.6. The molecule has 0 radical (unpaired) electrons. The molecule has 0 aromatic heterocycles. The second-order valence-corrected chi connectivity index (χ2v) is 9.15. The number of hydrogen-bond acceptors (Lipinski definition) is 4. The van der Waals surface area contributed by atoms with Gasteiger partial charge < -0.3 is 20.4 Å². The second kappa shape index (κ2) is 9.51. The summed E-state index contributed by atoms with van der Waals surface area (Å²) in [6.45, 7) is 3.46. The SMILES string of the molecule is CC(C)(CCCCCc1cc(CCCCC2(C(=O)O)CC2)c(O)cc1O)C(=O)O. The van der Waals surface area contributed by atoms with Gasteiger partial charge in [0.15, 0.2) is 0 Å². The molecule has 162 valence electrons. The van der Waals surface area contributed by atoms with Crippen LogP contribution in [-0.2, 0) is 22.4 Å². The molecule has 0 spiro atoms. The Labute approximate surface area is 172 Å². The Morgan fingerprint density at radius 3 is 1.93 bits per heavy atom. The standard InChI is InChI=1S/C23H34O6/c1-22(2,20(26)27)10-6-3-4-8-16-14-17(19(25)15-18(16)24)9-5-7-11-23(12-13-23)21(28)29/h14-15,24-25H,3-13H2,1-2H3,(H,26,27)(H,28,29).